The van der Waals surface area contributed by atoms with Gasteiger partial charge in [0, 0.05) is 11.1 Å². The maximum Gasteiger partial charge on any atom is 0.354 e. The quantitative estimate of drug-likeness (QED) is 0.721. The van der Waals surface area contributed by atoms with Crippen LogP contribution in [0.3, 0.4) is 0 Å². The fourth-order valence-corrected chi connectivity index (χ4v) is 2.29. The molecule has 0 fully saturated rings. The van der Waals surface area contributed by atoms with Crippen LogP contribution in [0.25, 0.3) is 0 Å². The molecule has 0 bridgehead atoms. The maximum absolute atomic E-state index is 12.3. The van der Waals surface area contributed by atoms with Gasteiger partial charge in [0.05, 0.1) is 17.9 Å². The van der Waals surface area contributed by atoms with Crippen molar-refractivity contribution in [2.75, 3.05) is 6.61 Å². The molecule has 1 heterocycles. The molecular weight excluding hydrogens is 258 g/mol. The van der Waals surface area contributed by atoms with Crippen molar-refractivity contribution in [1.29, 1.82) is 0 Å². The van der Waals surface area contributed by atoms with Crippen molar-refractivity contribution in [3.8, 4) is 0 Å². The summed E-state index contributed by atoms with van der Waals surface area (Å²) in [5, 5.41) is 0. The van der Waals surface area contributed by atoms with Crippen LogP contribution in [0.15, 0.2) is 30.3 Å². The zero-order chi connectivity index (χ0) is 14.3. The highest BCUT2D eigenvalue weighted by molar-refractivity contribution is 6.28. The van der Waals surface area contributed by atoms with Gasteiger partial charge in [-0.3, -0.25) is 9.59 Å². The van der Waals surface area contributed by atoms with E-state index < -0.39 is 5.97 Å². The molecule has 1 aliphatic carbocycles. The molecule has 0 atom stereocenters. The van der Waals surface area contributed by atoms with Crippen molar-refractivity contribution in [2.45, 2.75) is 6.92 Å². The number of ketones is 2. The molecule has 1 aromatic carbocycles. The molecule has 5 heteroatoms. The lowest BCUT2D eigenvalue weighted by Gasteiger charge is -2.13. The summed E-state index contributed by atoms with van der Waals surface area (Å²) in [4.78, 5) is 39.0. The van der Waals surface area contributed by atoms with Gasteiger partial charge in [0.25, 0.3) is 0 Å². The lowest BCUT2D eigenvalue weighted by molar-refractivity contribution is 0.0520. The number of rotatable bonds is 2. The van der Waals surface area contributed by atoms with Gasteiger partial charge >= 0.3 is 5.97 Å². The normalized spacial score (nSPS) is 12.8. The van der Waals surface area contributed by atoms with E-state index in [4.69, 9.17) is 4.74 Å². The number of esters is 1. The van der Waals surface area contributed by atoms with E-state index in [2.05, 4.69) is 4.98 Å². The molecule has 0 saturated carbocycles. The largest absolute Gasteiger partial charge is 0.461 e. The Morgan fingerprint density at radius 3 is 2.40 bits per heavy atom. The fraction of sp³-hybridized carbons (Fsp3) is 0.133. The summed E-state index contributed by atoms with van der Waals surface area (Å²) < 4.78 is 4.86. The number of carbonyl (C=O) groups is 3. The fourth-order valence-electron chi connectivity index (χ4n) is 2.29. The van der Waals surface area contributed by atoms with Gasteiger partial charge in [-0.25, -0.2) is 4.79 Å². The number of fused-ring (bicyclic) bond motifs is 2. The van der Waals surface area contributed by atoms with E-state index in [1.807, 2.05) is 0 Å². The van der Waals surface area contributed by atoms with Crippen molar-refractivity contribution >= 4 is 17.5 Å². The summed E-state index contributed by atoms with van der Waals surface area (Å²) in [7, 11) is 0. The summed E-state index contributed by atoms with van der Waals surface area (Å²) in [6.07, 6.45) is 0. The van der Waals surface area contributed by atoms with Crippen molar-refractivity contribution in [3.05, 3.63) is 58.4 Å². The minimum Gasteiger partial charge on any atom is -0.461 e. The Kier molecular flexibility index (Phi) is 2.75. The lowest BCUT2D eigenvalue weighted by Crippen LogP contribution is -2.19. The summed E-state index contributed by atoms with van der Waals surface area (Å²) in [5.41, 5.74) is 1.20. The average molecular weight is 269 g/mol. The highest BCUT2D eigenvalue weighted by atomic mass is 16.5. The van der Waals surface area contributed by atoms with Crippen LogP contribution in [0.2, 0.25) is 0 Å². The molecule has 0 radical (unpaired) electrons. The van der Waals surface area contributed by atoms with Crippen LogP contribution in [0.5, 0.6) is 0 Å². The number of hydrogen-bond donors (Lipinski definition) is 1. The second-order valence-electron chi connectivity index (χ2n) is 4.40. The van der Waals surface area contributed by atoms with Crippen LogP contribution >= 0.6 is 0 Å². The van der Waals surface area contributed by atoms with Gasteiger partial charge in [0.2, 0.25) is 5.78 Å². The van der Waals surface area contributed by atoms with Gasteiger partial charge in [-0.05, 0) is 13.0 Å². The van der Waals surface area contributed by atoms with E-state index >= 15 is 0 Å². The summed E-state index contributed by atoms with van der Waals surface area (Å²) >= 11 is 0. The number of aromatic nitrogens is 1. The highest BCUT2D eigenvalue weighted by Crippen LogP contribution is 2.27. The van der Waals surface area contributed by atoms with Crippen LogP contribution in [0.1, 0.15) is 49.4 Å². The summed E-state index contributed by atoms with van der Waals surface area (Å²) in [6.45, 7) is 1.91. The molecule has 0 aliphatic heterocycles. The first-order chi connectivity index (χ1) is 9.63. The molecule has 20 heavy (non-hydrogen) atoms. The molecule has 1 aromatic heterocycles. The molecular formula is C15H11NO4. The Morgan fingerprint density at radius 2 is 1.75 bits per heavy atom. The van der Waals surface area contributed by atoms with Crippen LogP contribution in [-0.2, 0) is 4.74 Å². The van der Waals surface area contributed by atoms with Crippen LogP contribution in [0, 0.1) is 0 Å². The number of nitrogens with one attached hydrogen (secondary N) is 1. The number of benzene rings is 1. The molecule has 5 nitrogen and oxygen atoms in total. The van der Waals surface area contributed by atoms with E-state index in [1.165, 1.54) is 6.07 Å². The SMILES string of the molecule is CCOC(=O)c1cc2c([nH]1)C(=O)c1ccccc1C2=O. The van der Waals surface area contributed by atoms with Crippen LogP contribution in [0.4, 0.5) is 0 Å². The van der Waals surface area contributed by atoms with E-state index in [0.717, 1.165) is 0 Å². The number of aromatic amines is 1. The number of ether oxygens (including phenoxy) is 1. The Hall–Kier alpha value is -2.69. The lowest BCUT2D eigenvalue weighted by atomic mass is 9.88. The van der Waals surface area contributed by atoms with E-state index in [1.54, 1.807) is 31.2 Å². The topological polar surface area (TPSA) is 76.2 Å². The number of carbonyl (C=O) groups excluding carboxylic acids is 3. The molecule has 0 unspecified atom stereocenters. The zero-order valence-electron chi connectivity index (χ0n) is 10.7. The Bertz CT molecular complexity index is 690. The van der Waals surface area contributed by atoms with E-state index in [0.29, 0.717) is 11.1 Å². The first kappa shape index (κ1) is 12.3. The Balaban J connectivity index is 2.12. The first-order valence-corrected chi connectivity index (χ1v) is 6.22. The third-order valence-electron chi connectivity index (χ3n) is 3.20. The predicted molar refractivity (Wildman–Crippen MR) is 70.1 cm³/mol. The molecule has 100 valence electrons. The highest BCUT2D eigenvalue weighted by Gasteiger charge is 2.32. The van der Waals surface area contributed by atoms with Crippen molar-refractivity contribution in [3.63, 3.8) is 0 Å². The standard InChI is InChI=1S/C15H11NO4/c1-2-20-15(19)11-7-10-12(16-11)14(18)9-6-4-3-5-8(9)13(10)17/h3-7,16H,2H2,1H3. The van der Waals surface area contributed by atoms with E-state index in [-0.39, 0.29) is 35.1 Å². The van der Waals surface area contributed by atoms with Gasteiger partial charge in [-0.2, -0.15) is 0 Å². The smallest absolute Gasteiger partial charge is 0.354 e. The maximum atomic E-state index is 12.3. The second kappa shape index (κ2) is 4.45. The average Bonchev–Trinajstić information content (AvgIpc) is 2.91. The monoisotopic (exact) mass is 269 g/mol. The third-order valence-corrected chi connectivity index (χ3v) is 3.20. The molecule has 3 rings (SSSR count). The van der Waals surface area contributed by atoms with Crippen LogP contribution < -0.4 is 0 Å². The van der Waals surface area contributed by atoms with Gasteiger partial charge in [0.1, 0.15) is 5.69 Å². The molecule has 0 saturated heterocycles. The molecule has 1 N–H and O–H groups in total. The van der Waals surface area contributed by atoms with Crippen molar-refractivity contribution < 1.29 is 19.1 Å². The van der Waals surface area contributed by atoms with Crippen molar-refractivity contribution in [2.24, 2.45) is 0 Å². The Morgan fingerprint density at radius 1 is 1.10 bits per heavy atom. The first-order valence-electron chi connectivity index (χ1n) is 6.22. The summed E-state index contributed by atoms with van der Waals surface area (Å²) in [5.74, 6) is -1.13. The predicted octanol–water partition coefficient (Wildman–Crippen LogP) is 1.97. The van der Waals surface area contributed by atoms with Gasteiger partial charge in [0.15, 0.2) is 5.78 Å². The molecule has 2 aromatic rings. The molecule has 0 amide bonds. The van der Waals surface area contributed by atoms with Gasteiger partial charge in [-0.1, -0.05) is 24.3 Å². The number of hydrogen-bond acceptors (Lipinski definition) is 4. The van der Waals surface area contributed by atoms with E-state index in [9.17, 15) is 14.4 Å². The van der Waals surface area contributed by atoms with Crippen molar-refractivity contribution in [1.82, 2.24) is 4.98 Å². The summed E-state index contributed by atoms with van der Waals surface area (Å²) in [6, 6.07) is 7.99. The third kappa shape index (κ3) is 1.67. The minimum absolute atomic E-state index is 0.117. The number of H-pyrrole nitrogens is 1. The van der Waals surface area contributed by atoms with Gasteiger partial charge in [-0.15, -0.1) is 0 Å². The molecule has 0 spiro atoms. The zero-order valence-corrected chi connectivity index (χ0v) is 10.7. The second-order valence-corrected chi connectivity index (χ2v) is 4.40. The van der Waals surface area contributed by atoms with Gasteiger partial charge < -0.3 is 9.72 Å². The Labute approximate surface area is 114 Å². The van der Waals surface area contributed by atoms with Crippen LogP contribution in [-0.4, -0.2) is 29.1 Å². The molecule has 1 aliphatic rings. The minimum atomic E-state index is -0.577.